The molecule has 0 saturated carbocycles. The van der Waals surface area contributed by atoms with E-state index >= 15 is 0 Å². The van der Waals surface area contributed by atoms with Crippen LogP contribution in [-0.4, -0.2) is 53.8 Å². The number of nitrogens with one attached hydrogen (secondary N) is 2. The Labute approximate surface area is 184 Å². The summed E-state index contributed by atoms with van der Waals surface area (Å²) in [6.07, 6.45) is 0.496. The number of likely N-dealkylation sites (tertiary alicyclic amines) is 1. The van der Waals surface area contributed by atoms with Gasteiger partial charge < -0.3 is 25.0 Å². The van der Waals surface area contributed by atoms with Crippen LogP contribution in [0, 0.1) is 5.92 Å². The van der Waals surface area contributed by atoms with Crippen molar-refractivity contribution in [2.45, 2.75) is 71.8 Å². The molecule has 8 nitrogen and oxygen atoms in total. The Kier molecular flexibility index (Phi) is 8.71. The maximum atomic E-state index is 12.6. The molecule has 1 fully saturated rings. The fourth-order valence-electron chi connectivity index (χ4n) is 3.51. The zero-order valence-electron chi connectivity index (χ0n) is 19.1. The smallest absolute Gasteiger partial charge is 0.408 e. The summed E-state index contributed by atoms with van der Waals surface area (Å²) >= 11 is 0. The predicted octanol–water partition coefficient (Wildman–Crippen LogP) is 3.45. The van der Waals surface area contributed by atoms with Crippen LogP contribution in [0.2, 0.25) is 0 Å². The quantitative estimate of drug-likeness (QED) is 0.716. The number of nitrogens with zero attached hydrogens (tertiary/aromatic N) is 1. The summed E-state index contributed by atoms with van der Waals surface area (Å²) in [4.78, 5) is 38.4. The van der Waals surface area contributed by atoms with Crippen molar-refractivity contribution in [3.63, 3.8) is 0 Å². The molecule has 1 aromatic rings. The third-order valence-corrected chi connectivity index (χ3v) is 5.22. The molecule has 1 aliphatic rings. The minimum absolute atomic E-state index is 0.0576. The average molecular weight is 434 g/mol. The topological polar surface area (TPSA) is 97.0 Å². The molecule has 1 saturated heterocycles. The monoisotopic (exact) mass is 433 g/mol. The summed E-state index contributed by atoms with van der Waals surface area (Å²) in [5.74, 6) is 0.120. The van der Waals surface area contributed by atoms with Gasteiger partial charge in [-0.15, -0.1) is 0 Å². The van der Waals surface area contributed by atoms with E-state index in [0.717, 1.165) is 18.4 Å². The number of hydrogen-bond acceptors (Lipinski definition) is 5. The summed E-state index contributed by atoms with van der Waals surface area (Å²) in [5.41, 5.74) is 0.322. The number of alkyl carbamates (subject to hydrolysis) is 2. The van der Waals surface area contributed by atoms with Gasteiger partial charge in [0.25, 0.3) is 0 Å². The average Bonchev–Trinajstić information content (AvgIpc) is 2.71. The first-order chi connectivity index (χ1) is 14.5. The first kappa shape index (κ1) is 24.5. The van der Waals surface area contributed by atoms with Gasteiger partial charge >= 0.3 is 12.2 Å². The van der Waals surface area contributed by atoms with Crippen molar-refractivity contribution in [2.75, 3.05) is 13.1 Å². The van der Waals surface area contributed by atoms with Gasteiger partial charge in [-0.25, -0.2) is 9.59 Å². The van der Waals surface area contributed by atoms with Gasteiger partial charge in [-0.2, -0.15) is 0 Å². The zero-order chi connectivity index (χ0) is 23.0. The molecule has 0 aromatic heterocycles. The molecule has 2 N–H and O–H groups in total. The molecule has 2 unspecified atom stereocenters. The normalized spacial score (nSPS) is 16.7. The van der Waals surface area contributed by atoms with E-state index in [1.54, 1.807) is 32.6 Å². The molecule has 8 heteroatoms. The number of piperidine rings is 1. The van der Waals surface area contributed by atoms with E-state index in [1.807, 2.05) is 37.3 Å². The third kappa shape index (κ3) is 8.47. The van der Waals surface area contributed by atoms with Crippen LogP contribution in [0.25, 0.3) is 0 Å². The maximum absolute atomic E-state index is 12.6. The highest BCUT2D eigenvalue weighted by atomic mass is 16.6. The summed E-state index contributed by atoms with van der Waals surface area (Å²) in [6, 6.07) is 8.81. The van der Waals surface area contributed by atoms with Gasteiger partial charge in [0.2, 0.25) is 5.91 Å². The first-order valence-electron chi connectivity index (χ1n) is 10.8. The van der Waals surface area contributed by atoms with Gasteiger partial charge in [0.15, 0.2) is 0 Å². The van der Waals surface area contributed by atoms with Crippen LogP contribution in [0.5, 0.6) is 0 Å². The van der Waals surface area contributed by atoms with Gasteiger partial charge in [-0.05, 0) is 58.9 Å². The number of carbonyl (C=O) groups excluding carboxylic acids is 3. The second kappa shape index (κ2) is 11.0. The molecular weight excluding hydrogens is 398 g/mol. The lowest BCUT2D eigenvalue weighted by atomic mass is 9.90. The SMILES string of the molecule is CC(NC(=O)OC(C)(C)C)C(=O)N1CCC(C(C)NC(=O)OCc2ccccc2)CC1. The highest BCUT2D eigenvalue weighted by molar-refractivity contribution is 5.85. The Morgan fingerprint density at radius 2 is 1.65 bits per heavy atom. The minimum atomic E-state index is -0.657. The Bertz CT molecular complexity index is 739. The number of ether oxygens (including phenoxy) is 2. The molecule has 0 bridgehead atoms. The summed E-state index contributed by atoms with van der Waals surface area (Å²) in [6.45, 7) is 10.3. The Hall–Kier alpha value is -2.77. The fraction of sp³-hybridized carbons (Fsp3) is 0.609. The molecule has 2 atom stereocenters. The van der Waals surface area contributed by atoms with E-state index in [1.165, 1.54) is 0 Å². The second-order valence-electron chi connectivity index (χ2n) is 9.03. The lowest BCUT2D eigenvalue weighted by Gasteiger charge is -2.36. The molecule has 31 heavy (non-hydrogen) atoms. The van der Waals surface area contributed by atoms with E-state index in [4.69, 9.17) is 9.47 Å². The molecule has 1 aliphatic heterocycles. The number of carbonyl (C=O) groups is 3. The second-order valence-corrected chi connectivity index (χ2v) is 9.03. The van der Waals surface area contributed by atoms with Crippen molar-refractivity contribution in [1.82, 2.24) is 15.5 Å². The van der Waals surface area contributed by atoms with Crippen LogP contribution >= 0.6 is 0 Å². The van der Waals surface area contributed by atoms with Crippen LogP contribution in [0.3, 0.4) is 0 Å². The van der Waals surface area contributed by atoms with E-state index in [-0.39, 0.29) is 24.5 Å². The van der Waals surface area contributed by atoms with Gasteiger partial charge in [-0.1, -0.05) is 30.3 Å². The number of hydrogen-bond donors (Lipinski definition) is 2. The van der Waals surface area contributed by atoms with Gasteiger partial charge in [0.05, 0.1) is 0 Å². The summed E-state index contributed by atoms with van der Waals surface area (Å²) < 4.78 is 10.5. The Balaban J connectivity index is 1.72. The van der Waals surface area contributed by atoms with Crippen molar-refractivity contribution < 1.29 is 23.9 Å². The lowest BCUT2D eigenvalue weighted by Crippen LogP contribution is -2.51. The largest absolute Gasteiger partial charge is 0.445 e. The molecule has 0 spiro atoms. The lowest BCUT2D eigenvalue weighted by molar-refractivity contribution is -0.134. The van der Waals surface area contributed by atoms with Crippen molar-refractivity contribution in [1.29, 1.82) is 0 Å². The molecule has 2 rings (SSSR count). The van der Waals surface area contributed by atoms with Crippen molar-refractivity contribution in [2.24, 2.45) is 5.92 Å². The molecule has 1 aromatic carbocycles. The summed E-state index contributed by atoms with van der Waals surface area (Å²) in [7, 11) is 0. The number of rotatable bonds is 6. The van der Waals surface area contributed by atoms with E-state index < -0.39 is 23.8 Å². The van der Waals surface area contributed by atoms with Crippen molar-refractivity contribution in [3.8, 4) is 0 Å². The van der Waals surface area contributed by atoms with E-state index in [9.17, 15) is 14.4 Å². The van der Waals surface area contributed by atoms with Crippen molar-refractivity contribution in [3.05, 3.63) is 35.9 Å². The van der Waals surface area contributed by atoms with Gasteiger partial charge in [0.1, 0.15) is 18.2 Å². The number of benzene rings is 1. The van der Waals surface area contributed by atoms with Crippen molar-refractivity contribution >= 4 is 18.1 Å². The molecule has 0 aliphatic carbocycles. The Morgan fingerprint density at radius 3 is 2.23 bits per heavy atom. The molecule has 0 radical (unpaired) electrons. The van der Waals surface area contributed by atoms with E-state index in [0.29, 0.717) is 13.1 Å². The predicted molar refractivity (Wildman–Crippen MR) is 117 cm³/mol. The van der Waals surface area contributed by atoms with Crippen LogP contribution < -0.4 is 10.6 Å². The zero-order valence-corrected chi connectivity index (χ0v) is 19.1. The van der Waals surface area contributed by atoms with Crippen LogP contribution in [0.15, 0.2) is 30.3 Å². The van der Waals surface area contributed by atoms with Crippen LogP contribution in [0.1, 0.15) is 53.0 Å². The molecule has 172 valence electrons. The first-order valence-corrected chi connectivity index (χ1v) is 10.8. The third-order valence-electron chi connectivity index (χ3n) is 5.22. The van der Waals surface area contributed by atoms with Gasteiger partial charge in [-0.3, -0.25) is 4.79 Å². The van der Waals surface area contributed by atoms with Crippen LogP contribution in [-0.2, 0) is 20.9 Å². The molecular formula is C23H35N3O5. The fourth-order valence-corrected chi connectivity index (χ4v) is 3.51. The number of amides is 3. The maximum Gasteiger partial charge on any atom is 0.408 e. The Morgan fingerprint density at radius 1 is 1.03 bits per heavy atom. The standard InChI is InChI=1S/C23H35N3O5/c1-16(24-21(28)30-15-18-9-7-6-8-10-18)19-11-13-26(14-12-19)20(27)17(2)25-22(29)31-23(3,4)5/h6-10,16-17,19H,11-15H2,1-5H3,(H,24,28)(H,25,29). The summed E-state index contributed by atoms with van der Waals surface area (Å²) in [5, 5.41) is 5.49. The molecule has 1 heterocycles. The highest BCUT2D eigenvalue weighted by Crippen LogP contribution is 2.21. The van der Waals surface area contributed by atoms with Gasteiger partial charge in [0, 0.05) is 19.1 Å². The van der Waals surface area contributed by atoms with Crippen LogP contribution in [0.4, 0.5) is 9.59 Å². The minimum Gasteiger partial charge on any atom is -0.445 e. The molecule has 3 amide bonds. The highest BCUT2D eigenvalue weighted by Gasteiger charge is 2.30. The van der Waals surface area contributed by atoms with E-state index in [2.05, 4.69) is 10.6 Å².